The SMILES string of the molecule is CCCCC1(CC)CC(O)(c2ccccc2)C1. The van der Waals surface area contributed by atoms with Gasteiger partial charge in [0, 0.05) is 0 Å². The van der Waals surface area contributed by atoms with E-state index >= 15 is 0 Å². The van der Waals surface area contributed by atoms with Crippen LogP contribution in [0, 0.1) is 5.41 Å². The highest BCUT2D eigenvalue weighted by Crippen LogP contribution is 2.58. The first-order valence-electron chi connectivity index (χ1n) is 6.92. The van der Waals surface area contributed by atoms with Crippen molar-refractivity contribution in [3.05, 3.63) is 35.9 Å². The Morgan fingerprint density at radius 3 is 2.29 bits per heavy atom. The summed E-state index contributed by atoms with van der Waals surface area (Å²) in [4.78, 5) is 0. The van der Waals surface area contributed by atoms with Crippen molar-refractivity contribution >= 4 is 0 Å². The van der Waals surface area contributed by atoms with Crippen LogP contribution in [0.25, 0.3) is 0 Å². The fourth-order valence-corrected chi connectivity index (χ4v) is 3.30. The topological polar surface area (TPSA) is 20.2 Å². The predicted molar refractivity (Wildman–Crippen MR) is 71.8 cm³/mol. The minimum Gasteiger partial charge on any atom is -0.385 e. The Labute approximate surface area is 105 Å². The fraction of sp³-hybridized carbons (Fsp3) is 0.625. The summed E-state index contributed by atoms with van der Waals surface area (Å²) in [5.41, 5.74) is 0.951. The minimum absolute atomic E-state index is 0.403. The molecule has 2 rings (SSSR count). The van der Waals surface area contributed by atoms with Gasteiger partial charge in [0.15, 0.2) is 0 Å². The van der Waals surface area contributed by atoms with Crippen LogP contribution in [0.2, 0.25) is 0 Å². The summed E-state index contributed by atoms with van der Waals surface area (Å²) in [5.74, 6) is 0. The molecule has 0 atom stereocenters. The zero-order chi connectivity index (χ0) is 12.4. The zero-order valence-corrected chi connectivity index (χ0v) is 11.1. The van der Waals surface area contributed by atoms with Crippen molar-refractivity contribution in [3.63, 3.8) is 0 Å². The van der Waals surface area contributed by atoms with Gasteiger partial charge in [-0.25, -0.2) is 0 Å². The van der Waals surface area contributed by atoms with Gasteiger partial charge < -0.3 is 5.11 Å². The first-order chi connectivity index (χ1) is 8.14. The molecule has 1 N–H and O–H groups in total. The van der Waals surface area contributed by atoms with Gasteiger partial charge in [-0.3, -0.25) is 0 Å². The van der Waals surface area contributed by atoms with E-state index in [-0.39, 0.29) is 0 Å². The van der Waals surface area contributed by atoms with Crippen LogP contribution < -0.4 is 0 Å². The van der Waals surface area contributed by atoms with Crippen molar-refractivity contribution in [1.29, 1.82) is 0 Å². The van der Waals surface area contributed by atoms with Gasteiger partial charge in [-0.2, -0.15) is 0 Å². The van der Waals surface area contributed by atoms with Crippen molar-refractivity contribution < 1.29 is 5.11 Å². The number of hydrogen-bond donors (Lipinski definition) is 1. The zero-order valence-electron chi connectivity index (χ0n) is 11.1. The Balaban J connectivity index is 2.04. The van der Waals surface area contributed by atoms with Gasteiger partial charge in [0.2, 0.25) is 0 Å². The van der Waals surface area contributed by atoms with Crippen molar-refractivity contribution in [2.45, 2.75) is 58.0 Å². The van der Waals surface area contributed by atoms with E-state index in [9.17, 15) is 5.11 Å². The molecule has 0 heterocycles. The molecule has 0 aromatic heterocycles. The molecule has 0 spiro atoms. The standard InChI is InChI=1S/C16H24O/c1-3-5-11-15(4-2)12-16(17,13-15)14-9-7-6-8-10-14/h6-10,17H,3-5,11-13H2,1-2H3. The molecule has 0 amide bonds. The predicted octanol–water partition coefficient (Wildman–Crippen LogP) is 4.25. The summed E-state index contributed by atoms with van der Waals surface area (Å²) < 4.78 is 0. The number of rotatable bonds is 5. The molecule has 0 aliphatic heterocycles. The molecule has 1 nitrogen and oxygen atoms in total. The Morgan fingerprint density at radius 1 is 1.12 bits per heavy atom. The molecular weight excluding hydrogens is 208 g/mol. The summed E-state index contributed by atoms with van der Waals surface area (Å²) >= 11 is 0. The van der Waals surface area contributed by atoms with E-state index in [1.54, 1.807) is 0 Å². The summed E-state index contributed by atoms with van der Waals surface area (Å²) in [6, 6.07) is 10.2. The van der Waals surface area contributed by atoms with Crippen LogP contribution in [-0.4, -0.2) is 5.11 Å². The summed E-state index contributed by atoms with van der Waals surface area (Å²) in [7, 11) is 0. The van der Waals surface area contributed by atoms with E-state index in [4.69, 9.17) is 0 Å². The lowest BCUT2D eigenvalue weighted by molar-refractivity contribution is -0.141. The van der Waals surface area contributed by atoms with Crippen molar-refractivity contribution in [2.75, 3.05) is 0 Å². The second kappa shape index (κ2) is 4.81. The molecule has 0 unspecified atom stereocenters. The van der Waals surface area contributed by atoms with Gasteiger partial charge >= 0.3 is 0 Å². The monoisotopic (exact) mass is 232 g/mol. The molecule has 1 aromatic rings. The van der Waals surface area contributed by atoms with Crippen LogP contribution >= 0.6 is 0 Å². The van der Waals surface area contributed by atoms with Crippen LogP contribution in [0.3, 0.4) is 0 Å². The van der Waals surface area contributed by atoms with Crippen LogP contribution in [0.1, 0.15) is 57.9 Å². The summed E-state index contributed by atoms with van der Waals surface area (Å²) in [6.07, 6.45) is 6.91. The first kappa shape index (κ1) is 12.6. The molecule has 1 fully saturated rings. The Morgan fingerprint density at radius 2 is 1.76 bits per heavy atom. The van der Waals surface area contributed by atoms with E-state index in [2.05, 4.69) is 26.0 Å². The largest absolute Gasteiger partial charge is 0.385 e. The molecule has 1 aliphatic rings. The van der Waals surface area contributed by atoms with Gasteiger partial charge in [-0.05, 0) is 30.2 Å². The molecule has 1 aliphatic carbocycles. The van der Waals surface area contributed by atoms with E-state index in [1.165, 1.54) is 25.7 Å². The lowest BCUT2D eigenvalue weighted by atomic mass is 9.54. The van der Waals surface area contributed by atoms with Crippen LogP contribution in [0.15, 0.2) is 30.3 Å². The number of unbranched alkanes of at least 4 members (excludes halogenated alkanes) is 1. The second-order valence-corrected chi connectivity index (χ2v) is 5.71. The Bertz CT molecular complexity index is 349. The van der Waals surface area contributed by atoms with Gasteiger partial charge in [0.05, 0.1) is 5.60 Å². The maximum absolute atomic E-state index is 10.6. The number of hydrogen-bond acceptors (Lipinski definition) is 1. The summed E-state index contributed by atoms with van der Waals surface area (Å²) in [5, 5.41) is 10.6. The van der Waals surface area contributed by atoms with Gasteiger partial charge in [-0.15, -0.1) is 0 Å². The van der Waals surface area contributed by atoms with Crippen LogP contribution in [0.5, 0.6) is 0 Å². The first-order valence-corrected chi connectivity index (χ1v) is 6.92. The Hall–Kier alpha value is -0.820. The van der Waals surface area contributed by atoms with Crippen LogP contribution in [0.4, 0.5) is 0 Å². The van der Waals surface area contributed by atoms with Crippen molar-refractivity contribution in [1.82, 2.24) is 0 Å². The molecule has 0 radical (unpaired) electrons. The third-order valence-corrected chi connectivity index (χ3v) is 4.46. The molecule has 17 heavy (non-hydrogen) atoms. The fourth-order valence-electron chi connectivity index (χ4n) is 3.30. The maximum Gasteiger partial charge on any atom is 0.0907 e. The van der Waals surface area contributed by atoms with Gasteiger partial charge in [0.25, 0.3) is 0 Å². The molecule has 1 saturated carbocycles. The lowest BCUT2D eigenvalue weighted by Gasteiger charge is -2.54. The Kier molecular flexibility index (Phi) is 3.58. The third-order valence-electron chi connectivity index (χ3n) is 4.46. The molecule has 0 saturated heterocycles. The van der Waals surface area contributed by atoms with E-state index in [0.717, 1.165) is 18.4 Å². The van der Waals surface area contributed by atoms with Crippen molar-refractivity contribution in [3.8, 4) is 0 Å². The van der Waals surface area contributed by atoms with E-state index < -0.39 is 5.60 Å². The quantitative estimate of drug-likeness (QED) is 0.804. The minimum atomic E-state index is -0.551. The third kappa shape index (κ3) is 2.40. The number of benzene rings is 1. The molecule has 1 aromatic carbocycles. The molecular formula is C16H24O. The highest BCUT2D eigenvalue weighted by Gasteiger charge is 2.52. The number of aliphatic hydroxyl groups is 1. The second-order valence-electron chi connectivity index (χ2n) is 5.71. The maximum atomic E-state index is 10.6. The molecule has 1 heteroatoms. The molecule has 0 bridgehead atoms. The van der Waals surface area contributed by atoms with E-state index in [1.807, 2.05) is 18.2 Å². The van der Waals surface area contributed by atoms with Gasteiger partial charge in [-0.1, -0.05) is 63.4 Å². The smallest absolute Gasteiger partial charge is 0.0907 e. The average Bonchev–Trinajstić information content (AvgIpc) is 2.34. The van der Waals surface area contributed by atoms with Crippen LogP contribution in [-0.2, 0) is 5.60 Å². The highest BCUT2D eigenvalue weighted by atomic mass is 16.3. The summed E-state index contributed by atoms with van der Waals surface area (Å²) in [6.45, 7) is 4.51. The van der Waals surface area contributed by atoms with E-state index in [0.29, 0.717) is 5.41 Å². The van der Waals surface area contributed by atoms with Gasteiger partial charge in [0.1, 0.15) is 0 Å². The average molecular weight is 232 g/mol. The lowest BCUT2D eigenvalue weighted by Crippen LogP contribution is -2.49. The van der Waals surface area contributed by atoms with Crippen molar-refractivity contribution in [2.24, 2.45) is 5.41 Å². The highest BCUT2D eigenvalue weighted by molar-refractivity contribution is 5.27. The molecule has 94 valence electrons. The normalized spacial score (nSPS) is 32.2.